The number of aliphatic imine (C=N–C) groups is 1. The largest absolute Gasteiger partial charge is 0.370 e. The Bertz CT molecular complexity index is 705. The minimum atomic E-state index is 0.487. The highest BCUT2D eigenvalue weighted by molar-refractivity contribution is 5.92. The Morgan fingerprint density at radius 2 is 1.81 bits per heavy atom. The molecule has 1 fully saturated rings. The summed E-state index contributed by atoms with van der Waals surface area (Å²) in [6, 6.07) is 18.7. The SMILES string of the molecule is Cc1cccc(N2CCN(CCCN=C(N)Nc3ccccc3)CC2)c1. The predicted molar refractivity (Wildman–Crippen MR) is 111 cm³/mol. The van der Waals surface area contributed by atoms with Gasteiger partial charge in [0.05, 0.1) is 0 Å². The van der Waals surface area contributed by atoms with Crippen LogP contribution in [-0.4, -0.2) is 50.1 Å². The highest BCUT2D eigenvalue weighted by atomic mass is 15.3. The third-order valence-electron chi connectivity index (χ3n) is 4.70. The minimum absolute atomic E-state index is 0.487. The molecule has 3 N–H and O–H groups in total. The van der Waals surface area contributed by atoms with Gasteiger partial charge >= 0.3 is 0 Å². The van der Waals surface area contributed by atoms with Crippen LogP contribution >= 0.6 is 0 Å². The molecule has 3 rings (SSSR count). The first-order valence-electron chi connectivity index (χ1n) is 9.37. The minimum Gasteiger partial charge on any atom is -0.370 e. The second-order valence-corrected chi connectivity index (χ2v) is 6.78. The van der Waals surface area contributed by atoms with Crippen molar-refractivity contribution in [2.24, 2.45) is 10.7 Å². The fourth-order valence-electron chi connectivity index (χ4n) is 3.26. The van der Waals surface area contributed by atoms with Gasteiger partial charge in [-0.15, -0.1) is 0 Å². The maximum Gasteiger partial charge on any atom is 0.193 e. The monoisotopic (exact) mass is 351 g/mol. The van der Waals surface area contributed by atoms with E-state index in [2.05, 4.69) is 51.3 Å². The first-order valence-corrected chi connectivity index (χ1v) is 9.37. The number of piperazine rings is 1. The average molecular weight is 351 g/mol. The number of nitrogens with one attached hydrogen (secondary N) is 1. The Morgan fingerprint density at radius 3 is 2.54 bits per heavy atom. The van der Waals surface area contributed by atoms with Crippen LogP contribution in [-0.2, 0) is 0 Å². The molecular weight excluding hydrogens is 322 g/mol. The fraction of sp³-hybridized carbons (Fsp3) is 0.381. The van der Waals surface area contributed by atoms with Crippen LogP contribution in [0.2, 0.25) is 0 Å². The number of hydrogen-bond donors (Lipinski definition) is 2. The molecule has 5 nitrogen and oxygen atoms in total. The number of rotatable bonds is 6. The van der Waals surface area contributed by atoms with Crippen molar-refractivity contribution in [3.05, 3.63) is 60.2 Å². The molecule has 0 amide bonds. The predicted octanol–water partition coefficient (Wildman–Crippen LogP) is 2.93. The van der Waals surface area contributed by atoms with E-state index in [1.807, 2.05) is 30.3 Å². The molecule has 1 aliphatic rings. The van der Waals surface area contributed by atoms with Crippen molar-refractivity contribution in [2.45, 2.75) is 13.3 Å². The van der Waals surface area contributed by atoms with E-state index < -0.39 is 0 Å². The van der Waals surface area contributed by atoms with Crippen molar-refractivity contribution >= 4 is 17.3 Å². The number of anilines is 2. The van der Waals surface area contributed by atoms with Gasteiger partial charge in [-0.3, -0.25) is 9.89 Å². The molecule has 0 aromatic heterocycles. The maximum atomic E-state index is 5.94. The molecule has 1 aliphatic heterocycles. The maximum absolute atomic E-state index is 5.94. The van der Waals surface area contributed by atoms with E-state index in [4.69, 9.17) is 5.73 Å². The van der Waals surface area contributed by atoms with Crippen LogP contribution in [0.15, 0.2) is 59.6 Å². The highest BCUT2D eigenvalue weighted by Crippen LogP contribution is 2.17. The third-order valence-corrected chi connectivity index (χ3v) is 4.70. The Balaban J connectivity index is 1.35. The zero-order valence-corrected chi connectivity index (χ0v) is 15.6. The summed E-state index contributed by atoms with van der Waals surface area (Å²) in [5.74, 6) is 0.487. The summed E-state index contributed by atoms with van der Waals surface area (Å²) in [5, 5.41) is 3.12. The molecule has 1 saturated heterocycles. The van der Waals surface area contributed by atoms with E-state index in [-0.39, 0.29) is 0 Å². The van der Waals surface area contributed by atoms with Gasteiger partial charge in [-0.05, 0) is 43.2 Å². The van der Waals surface area contributed by atoms with E-state index in [9.17, 15) is 0 Å². The lowest BCUT2D eigenvalue weighted by molar-refractivity contribution is 0.256. The normalized spacial score (nSPS) is 15.9. The lowest BCUT2D eigenvalue weighted by Gasteiger charge is -2.36. The summed E-state index contributed by atoms with van der Waals surface area (Å²) in [5.41, 5.74) is 9.58. The summed E-state index contributed by atoms with van der Waals surface area (Å²) >= 11 is 0. The lowest BCUT2D eigenvalue weighted by atomic mass is 10.2. The summed E-state index contributed by atoms with van der Waals surface area (Å²) in [6.07, 6.45) is 1.03. The summed E-state index contributed by atoms with van der Waals surface area (Å²) in [4.78, 5) is 9.41. The summed E-state index contributed by atoms with van der Waals surface area (Å²) in [7, 11) is 0. The van der Waals surface area contributed by atoms with Gasteiger partial charge < -0.3 is 16.0 Å². The molecule has 5 heteroatoms. The Labute approximate surface area is 156 Å². The van der Waals surface area contributed by atoms with Crippen molar-refractivity contribution in [1.29, 1.82) is 0 Å². The van der Waals surface area contributed by atoms with Crippen molar-refractivity contribution < 1.29 is 0 Å². The molecule has 0 bridgehead atoms. The standard InChI is InChI=1S/C21H29N5/c1-18-7-5-10-20(17-18)26-15-13-25(14-16-26)12-6-11-23-21(22)24-19-8-3-2-4-9-19/h2-5,7-10,17H,6,11-16H2,1H3,(H3,22,23,24). The van der Waals surface area contributed by atoms with E-state index in [0.29, 0.717) is 5.96 Å². The van der Waals surface area contributed by atoms with Gasteiger partial charge in [-0.1, -0.05) is 30.3 Å². The van der Waals surface area contributed by atoms with Gasteiger partial charge in [0.1, 0.15) is 0 Å². The van der Waals surface area contributed by atoms with Gasteiger partial charge in [0.15, 0.2) is 5.96 Å². The Hall–Kier alpha value is -2.53. The average Bonchev–Trinajstić information content (AvgIpc) is 2.66. The second-order valence-electron chi connectivity index (χ2n) is 6.78. The first-order chi connectivity index (χ1) is 12.7. The van der Waals surface area contributed by atoms with Gasteiger partial charge in [0, 0.05) is 50.6 Å². The van der Waals surface area contributed by atoms with Crippen LogP contribution in [0.1, 0.15) is 12.0 Å². The fourth-order valence-corrected chi connectivity index (χ4v) is 3.26. The molecule has 0 aliphatic carbocycles. The Kier molecular flexibility index (Phi) is 6.50. The van der Waals surface area contributed by atoms with Crippen LogP contribution in [0.4, 0.5) is 11.4 Å². The van der Waals surface area contributed by atoms with E-state index >= 15 is 0 Å². The van der Waals surface area contributed by atoms with Gasteiger partial charge in [0.25, 0.3) is 0 Å². The summed E-state index contributed by atoms with van der Waals surface area (Å²) < 4.78 is 0. The number of nitrogens with zero attached hydrogens (tertiary/aromatic N) is 3. The van der Waals surface area contributed by atoms with Gasteiger partial charge in [-0.25, -0.2) is 0 Å². The van der Waals surface area contributed by atoms with Crippen LogP contribution in [0.25, 0.3) is 0 Å². The molecular formula is C21H29N5. The van der Waals surface area contributed by atoms with Crippen molar-refractivity contribution in [3.63, 3.8) is 0 Å². The highest BCUT2D eigenvalue weighted by Gasteiger charge is 2.16. The quantitative estimate of drug-likeness (QED) is 0.477. The van der Waals surface area contributed by atoms with Crippen LogP contribution in [0.5, 0.6) is 0 Å². The lowest BCUT2D eigenvalue weighted by Crippen LogP contribution is -2.46. The molecule has 26 heavy (non-hydrogen) atoms. The van der Waals surface area contributed by atoms with Gasteiger partial charge in [-0.2, -0.15) is 0 Å². The van der Waals surface area contributed by atoms with E-state index in [1.54, 1.807) is 0 Å². The van der Waals surface area contributed by atoms with Crippen LogP contribution in [0.3, 0.4) is 0 Å². The van der Waals surface area contributed by atoms with E-state index in [1.165, 1.54) is 11.3 Å². The van der Waals surface area contributed by atoms with E-state index in [0.717, 1.165) is 51.4 Å². The topological polar surface area (TPSA) is 56.9 Å². The smallest absolute Gasteiger partial charge is 0.193 e. The van der Waals surface area contributed by atoms with Gasteiger partial charge in [0.2, 0.25) is 0 Å². The van der Waals surface area contributed by atoms with Crippen molar-refractivity contribution in [1.82, 2.24) is 4.90 Å². The molecule has 0 atom stereocenters. The molecule has 1 heterocycles. The molecule has 0 saturated carbocycles. The number of nitrogens with two attached hydrogens (primary N) is 1. The number of aryl methyl sites for hydroxylation is 1. The second kappa shape index (κ2) is 9.25. The third kappa shape index (κ3) is 5.49. The molecule has 138 valence electrons. The molecule has 0 spiro atoms. The Morgan fingerprint density at radius 1 is 1.04 bits per heavy atom. The summed E-state index contributed by atoms with van der Waals surface area (Å²) in [6.45, 7) is 8.37. The molecule has 2 aromatic rings. The first kappa shape index (κ1) is 18.3. The van der Waals surface area contributed by atoms with Crippen molar-refractivity contribution in [2.75, 3.05) is 49.5 Å². The number of para-hydroxylation sites is 1. The molecule has 0 unspecified atom stereocenters. The number of hydrogen-bond acceptors (Lipinski definition) is 3. The molecule has 0 radical (unpaired) electrons. The molecule has 2 aromatic carbocycles. The van der Waals surface area contributed by atoms with Crippen LogP contribution < -0.4 is 16.0 Å². The number of guanidine groups is 1. The van der Waals surface area contributed by atoms with Crippen molar-refractivity contribution in [3.8, 4) is 0 Å². The zero-order chi connectivity index (χ0) is 18.2. The number of benzene rings is 2. The van der Waals surface area contributed by atoms with Crippen LogP contribution in [0, 0.1) is 6.92 Å². The zero-order valence-electron chi connectivity index (χ0n) is 15.6.